The Labute approximate surface area is 112 Å². The van der Waals surface area contributed by atoms with E-state index < -0.39 is 11.5 Å². The molecule has 0 aromatic carbocycles. The van der Waals surface area contributed by atoms with Gasteiger partial charge in [0.05, 0.1) is 0 Å². The smallest absolute Gasteiger partial charge is 0.323 e. The molecule has 0 heterocycles. The first-order valence-electron chi connectivity index (χ1n) is 7.06. The number of carbonyl (C=O) groups is 1. The minimum atomic E-state index is -0.786. The van der Waals surface area contributed by atoms with Crippen LogP contribution in [0, 0.1) is 5.92 Å². The van der Waals surface area contributed by atoms with Gasteiger partial charge in [0.25, 0.3) is 0 Å². The first-order valence-corrected chi connectivity index (χ1v) is 7.06. The van der Waals surface area contributed by atoms with E-state index >= 15 is 0 Å². The maximum Gasteiger partial charge on any atom is 0.323 e. The highest BCUT2D eigenvalue weighted by atomic mass is 16.4. The molecule has 0 saturated heterocycles. The van der Waals surface area contributed by atoms with E-state index in [-0.39, 0.29) is 0 Å². The molecule has 4 nitrogen and oxygen atoms in total. The van der Waals surface area contributed by atoms with Crippen molar-refractivity contribution in [3.8, 4) is 0 Å². The Balaban J connectivity index is 4.16. The third-order valence-corrected chi connectivity index (χ3v) is 3.26. The monoisotopic (exact) mass is 258 g/mol. The summed E-state index contributed by atoms with van der Waals surface area (Å²) in [7, 11) is 0. The van der Waals surface area contributed by atoms with E-state index in [1.807, 2.05) is 6.92 Å². The first kappa shape index (κ1) is 17.4. The highest BCUT2D eigenvalue weighted by molar-refractivity contribution is 5.78. The van der Waals surface area contributed by atoms with E-state index in [1.54, 1.807) is 6.92 Å². The van der Waals surface area contributed by atoms with E-state index in [4.69, 9.17) is 0 Å². The van der Waals surface area contributed by atoms with Crippen molar-refractivity contribution in [2.75, 3.05) is 26.2 Å². The van der Waals surface area contributed by atoms with Crippen LogP contribution >= 0.6 is 0 Å². The largest absolute Gasteiger partial charge is 0.480 e. The Kier molecular flexibility index (Phi) is 8.20. The third-order valence-electron chi connectivity index (χ3n) is 3.26. The second kappa shape index (κ2) is 8.48. The predicted octanol–water partition coefficient (Wildman–Crippen LogP) is 2.20. The number of nitrogens with zero attached hydrogens (tertiary/aromatic N) is 1. The summed E-state index contributed by atoms with van der Waals surface area (Å²) >= 11 is 0. The molecule has 0 spiro atoms. The number of hydrogen-bond donors (Lipinski definition) is 2. The second-order valence-corrected chi connectivity index (χ2v) is 5.56. The Hall–Kier alpha value is -0.610. The number of carboxylic acid groups (broad SMARTS) is 1. The van der Waals surface area contributed by atoms with E-state index in [2.05, 4.69) is 31.0 Å². The zero-order valence-electron chi connectivity index (χ0n) is 12.6. The number of carboxylic acids is 1. The molecule has 0 radical (unpaired) electrons. The minimum Gasteiger partial charge on any atom is -0.480 e. The molecular weight excluding hydrogens is 228 g/mol. The lowest BCUT2D eigenvalue weighted by molar-refractivity contribution is -0.144. The number of likely N-dealkylation sites (N-methyl/N-ethyl adjacent to an activating group) is 1. The van der Waals surface area contributed by atoms with Gasteiger partial charge >= 0.3 is 5.97 Å². The summed E-state index contributed by atoms with van der Waals surface area (Å²) in [6, 6.07) is 0. The summed E-state index contributed by atoms with van der Waals surface area (Å²) in [5.41, 5.74) is -0.786. The van der Waals surface area contributed by atoms with Crippen molar-refractivity contribution >= 4 is 5.97 Å². The fourth-order valence-corrected chi connectivity index (χ4v) is 2.21. The van der Waals surface area contributed by atoms with Gasteiger partial charge in [-0.1, -0.05) is 27.7 Å². The molecule has 0 bridgehead atoms. The molecular formula is C14H30N2O2. The van der Waals surface area contributed by atoms with Gasteiger partial charge in [-0.15, -0.1) is 0 Å². The lowest BCUT2D eigenvalue weighted by Crippen LogP contribution is -2.49. The molecule has 1 unspecified atom stereocenters. The summed E-state index contributed by atoms with van der Waals surface area (Å²) < 4.78 is 0. The molecule has 108 valence electrons. The van der Waals surface area contributed by atoms with Crippen LogP contribution in [0.3, 0.4) is 0 Å². The van der Waals surface area contributed by atoms with Crippen LogP contribution in [0.25, 0.3) is 0 Å². The predicted molar refractivity (Wildman–Crippen MR) is 75.9 cm³/mol. The Morgan fingerprint density at radius 3 is 2.39 bits per heavy atom. The van der Waals surface area contributed by atoms with Crippen LogP contribution in [-0.2, 0) is 4.79 Å². The van der Waals surface area contributed by atoms with Crippen molar-refractivity contribution in [2.24, 2.45) is 5.92 Å². The van der Waals surface area contributed by atoms with Crippen molar-refractivity contribution in [1.82, 2.24) is 10.2 Å². The minimum absolute atomic E-state index is 0.657. The number of rotatable bonds is 10. The van der Waals surface area contributed by atoms with Crippen molar-refractivity contribution in [3.63, 3.8) is 0 Å². The molecule has 0 aromatic rings. The van der Waals surface area contributed by atoms with Gasteiger partial charge in [-0.2, -0.15) is 0 Å². The van der Waals surface area contributed by atoms with Crippen molar-refractivity contribution < 1.29 is 9.90 Å². The molecule has 4 heteroatoms. The van der Waals surface area contributed by atoms with Crippen molar-refractivity contribution in [3.05, 3.63) is 0 Å². The van der Waals surface area contributed by atoms with Gasteiger partial charge in [0.2, 0.25) is 0 Å². The van der Waals surface area contributed by atoms with E-state index in [0.717, 1.165) is 26.1 Å². The zero-order chi connectivity index (χ0) is 14.2. The Bertz CT molecular complexity index is 244. The number of aliphatic carboxylic acids is 1. The summed E-state index contributed by atoms with van der Waals surface area (Å²) in [5, 5.41) is 12.3. The van der Waals surface area contributed by atoms with E-state index in [1.165, 1.54) is 0 Å². The van der Waals surface area contributed by atoms with Gasteiger partial charge in [-0.05, 0) is 45.3 Å². The zero-order valence-corrected chi connectivity index (χ0v) is 12.6. The molecule has 1 atom stereocenters. The maximum atomic E-state index is 11.3. The van der Waals surface area contributed by atoms with Crippen LogP contribution < -0.4 is 5.32 Å². The van der Waals surface area contributed by atoms with Gasteiger partial charge in [-0.3, -0.25) is 4.79 Å². The van der Waals surface area contributed by atoms with Gasteiger partial charge in [0.15, 0.2) is 0 Å². The summed E-state index contributed by atoms with van der Waals surface area (Å²) in [4.78, 5) is 13.6. The summed E-state index contributed by atoms with van der Waals surface area (Å²) in [5.74, 6) is -0.0965. The van der Waals surface area contributed by atoms with Crippen LogP contribution in [0.5, 0.6) is 0 Å². The van der Waals surface area contributed by atoms with Crippen LogP contribution in [0.1, 0.15) is 47.5 Å². The van der Waals surface area contributed by atoms with E-state index in [9.17, 15) is 9.90 Å². The standard InChI is InChI=1S/C14H30N2O2/c1-6-15-14(5,13(17)18)9-8-10-16(7-2)11-12(3)4/h12,15H,6-11H2,1-5H3,(H,17,18). The maximum absolute atomic E-state index is 11.3. The average molecular weight is 258 g/mol. The van der Waals surface area contributed by atoms with Gasteiger partial charge < -0.3 is 15.3 Å². The molecule has 0 aliphatic carbocycles. The summed E-state index contributed by atoms with van der Waals surface area (Å²) in [6.07, 6.45) is 1.58. The molecule has 0 fully saturated rings. The topological polar surface area (TPSA) is 52.6 Å². The number of hydrogen-bond acceptors (Lipinski definition) is 3. The van der Waals surface area contributed by atoms with E-state index in [0.29, 0.717) is 18.9 Å². The van der Waals surface area contributed by atoms with Crippen molar-refractivity contribution in [2.45, 2.75) is 53.0 Å². The fraction of sp³-hybridized carbons (Fsp3) is 0.929. The highest BCUT2D eigenvalue weighted by Gasteiger charge is 2.31. The third kappa shape index (κ3) is 6.36. The fourth-order valence-electron chi connectivity index (χ4n) is 2.21. The lowest BCUT2D eigenvalue weighted by atomic mass is 9.95. The highest BCUT2D eigenvalue weighted by Crippen LogP contribution is 2.13. The number of nitrogens with one attached hydrogen (secondary N) is 1. The first-order chi connectivity index (χ1) is 8.35. The molecule has 0 rings (SSSR count). The van der Waals surface area contributed by atoms with Gasteiger partial charge in [0.1, 0.15) is 5.54 Å². The Morgan fingerprint density at radius 2 is 2.00 bits per heavy atom. The lowest BCUT2D eigenvalue weighted by Gasteiger charge is -2.28. The molecule has 18 heavy (non-hydrogen) atoms. The molecule has 0 saturated carbocycles. The molecule has 0 aromatic heterocycles. The second-order valence-electron chi connectivity index (χ2n) is 5.56. The van der Waals surface area contributed by atoms with Crippen LogP contribution in [0.4, 0.5) is 0 Å². The summed E-state index contributed by atoms with van der Waals surface area (Å²) in [6.45, 7) is 14.1. The van der Waals surface area contributed by atoms with Crippen LogP contribution in [-0.4, -0.2) is 47.7 Å². The molecule has 0 aliphatic rings. The SMILES string of the molecule is CCNC(C)(CCCN(CC)CC(C)C)C(=O)O. The normalized spacial score (nSPS) is 15.1. The molecule has 0 amide bonds. The molecule has 0 aliphatic heterocycles. The van der Waals surface area contributed by atoms with Crippen molar-refractivity contribution in [1.29, 1.82) is 0 Å². The van der Waals surface area contributed by atoms with Crippen LogP contribution in [0.2, 0.25) is 0 Å². The van der Waals surface area contributed by atoms with Crippen LogP contribution in [0.15, 0.2) is 0 Å². The average Bonchev–Trinajstić information content (AvgIpc) is 2.27. The molecule has 2 N–H and O–H groups in total. The Morgan fingerprint density at radius 1 is 1.39 bits per heavy atom. The van der Waals surface area contributed by atoms with Gasteiger partial charge in [0, 0.05) is 6.54 Å². The van der Waals surface area contributed by atoms with Gasteiger partial charge in [-0.25, -0.2) is 0 Å². The quantitative estimate of drug-likeness (QED) is 0.631.